The lowest BCUT2D eigenvalue weighted by Crippen LogP contribution is -2.39. The molecule has 0 aliphatic carbocycles. The number of methoxy groups -OCH3 is 1. The van der Waals surface area contributed by atoms with E-state index >= 15 is 0 Å². The van der Waals surface area contributed by atoms with Crippen molar-refractivity contribution in [1.82, 2.24) is 14.9 Å². The van der Waals surface area contributed by atoms with E-state index in [1.165, 1.54) is 5.56 Å². The Morgan fingerprint density at radius 2 is 1.94 bits per heavy atom. The van der Waals surface area contributed by atoms with Crippen LogP contribution in [0.15, 0.2) is 60.8 Å². The second kappa shape index (κ2) is 9.60. The largest absolute Gasteiger partial charge is 0.497 e. The van der Waals surface area contributed by atoms with Gasteiger partial charge in [-0.25, -0.2) is 9.97 Å². The summed E-state index contributed by atoms with van der Waals surface area (Å²) in [7, 11) is 1.65. The fourth-order valence-electron chi connectivity index (χ4n) is 4.19. The molecule has 2 aromatic carbocycles. The van der Waals surface area contributed by atoms with Crippen LogP contribution in [0.25, 0.3) is 11.1 Å². The van der Waals surface area contributed by atoms with E-state index < -0.39 is 0 Å². The molecule has 3 aromatic rings. The zero-order valence-corrected chi connectivity index (χ0v) is 17.8. The third kappa shape index (κ3) is 5.02. The van der Waals surface area contributed by atoms with Gasteiger partial charge in [0.05, 0.1) is 12.8 Å². The van der Waals surface area contributed by atoms with Crippen molar-refractivity contribution < 1.29 is 9.53 Å². The number of hydrogen-bond acceptors (Lipinski definition) is 5. The average Bonchev–Trinajstić information content (AvgIpc) is 2.83. The van der Waals surface area contributed by atoms with Gasteiger partial charge in [0, 0.05) is 37.2 Å². The quantitative estimate of drug-likeness (QED) is 0.655. The number of anilines is 1. The van der Waals surface area contributed by atoms with E-state index in [0.29, 0.717) is 13.0 Å². The van der Waals surface area contributed by atoms with Crippen molar-refractivity contribution in [1.29, 1.82) is 0 Å². The number of benzene rings is 2. The fourth-order valence-corrected chi connectivity index (χ4v) is 4.19. The molecule has 31 heavy (non-hydrogen) atoms. The molecular weight excluding hydrogens is 388 g/mol. The molecule has 0 bridgehead atoms. The van der Waals surface area contributed by atoms with Gasteiger partial charge in [0.15, 0.2) is 0 Å². The van der Waals surface area contributed by atoms with Gasteiger partial charge in [0.25, 0.3) is 0 Å². The minimum absolute atomic E-state index is 0.136. The lowest BCUT2D eigenvalue weighted by atomic mass is 9.89. The number of nitrogens with zero attached hydrogens (tertiary/aromatic N) is 3. The van der Waals surface area contributed by atoms with Crippen LogP contribution in [0.3, 0.4) is 0 Å². The van der Waals surface area contributed by atoms with Crippen molar-refractivity contribution in [2.24, 2.45) is 0 Å². The molecule has 6 nitrogen and oxygen atoms in total. The van der Waals surface area contributed by atoms with Crippen molar-refractivity contribution in [3.8, 4) is 16.9 Å². The Bertz CT molecular complexity index is 1020. The van der Waals surface area contributed by atoms with Crippen LogP contribution in [-0.4, -0.2) is 41.0 Å². The molecule has 160 valence electrons. The Morgan fingerprint density at radius 1 is 1.16 bits per heavy atom. The predicted octanol–water partition coefficient (Wildman–Crippen LogP) is 4.07. The molecule has 0 spiro atoms. The number of carbonyl (C=O) groups is 1. The minimum atomic E-state index is 0.136. The van der Waals surface area contributed by atoms with Gasteiger partial charge in [-0.15, -0.1) is 0 Å². The second-order valence-electron chi connectivity index (χ2n) is 7.92. The Hall–Kier alpha value is -3.41. The molecule has 4 rings (SSSR count). The molecule has 0 radical (unpaired) electrons. The number of ether oxygens (including phenoxy) is 1. The van der Waals surface area contributed by atoms with Gasteiger partial charge >= 0.3 is 0 Å². The smallest absolute Gasteiger partial charge is 0.222 e. The number of nitrogen functional groups attached to an aromatic ring is 1. The highest BCUT2D eigenvalue weighted by Gasteiger charge is 2.28. The number of amides is 1. The summed E-state index contributed by atoms with van der Waals surface area (Å²) < 4.78 is 5.27. The minimum Gasteiger partial charge on any atom is -0.497 e. The third-order valence-corrected chi connectivity index (χ3v) is 5.87. The van der Waals surface area contributed by atoms with E-state index in [1.807, 2.05) is 47.4 Å². The van der Waals surface area contributed by atoms with Gasteiger partial charge < -0.3 is 15.4 Å². The van der Waals surface area contributed by atoms with Gasteiger partial charge in [-0.2, -0.15) is 0 Å². The Balaban J connectivity index is 1.51. The maximum atomic E-state index is 12.9. The van der Waals surface area contributed by atoms with Crippen molar-refractivity contribution in [3.63, 3.8) is 0 Å². The van der Waals surface area contributed by atoms with E-state index in [4.69, 9.17) is 10.5 Å². The zero-order chi connectivity index (χ0) is 21.6. The number of piperidine rings is 1. The Morgan fingerprint density at radius 3 is 2.68 bits per heavy atom. The lowest BCUT2D eigenvalue weighted by Gasteiger charge is -2.33. The SMILES string of the molecule is COc1ccc(-c2cnc(N)nc2C2CCCN(C(=O)CCc3ccccc3)C2)cc1. The summed E-state index contributed by atoms with van der Waals surface area (Å²) >= 11 is 0. The average molecular weight is 417 g/mol. The normalized spacial score (nSPS) is 16.2. The molecule has 0 saturated carbocycles. The summed E-state index contributed by atoms with van der Waals surface area (Å²) in [5.74, 6) is 1.40. The summed E-state index contributed by atoms with van der Waals surface area (Å²) in [6.45, 7) is 1.45. The first-order valence-electron chi connectivity index (χ1n) is 10.7. The number of aryl methyl sites for hydroxylation is 1. The van der Waals surface area contributed by atoms with Crippen LogP contribution >= 0.6 is 0 Å². The number of rotatable bonds is 6. The Labute approximate surface area is 183 Å². The van der Waals surface area contributed by atoms with Gasteiger partial charge in [0.2, 0.25) is 11.9 Å². The van der Waals surface area contributed by atoms with E-state index in [9.17, 15) is 4.79 Å². The van der Waals surface area contributed by atoms with Crippen LogP contribution in [0.4, 0.5) is 5.95 Å². The monoisotopic (exact) mass is 416 g/mol. The summed E-state index contributed by atoms with van der Waals surface area (Å²) in [6.07, 6.45) is 5.00. The molecule has 1 saturated heterocycles. The molecule has 1 amide bonds. The second-order valence-corrected chi connectivity index (χ2v) is 7.92. The van der Waals surface area contributed by atoms with E-state index in [1.54, 1.807) is 13.3 Å². The number of nitrogens with two attached hydrogens (primary N) is 1. The van der Waals surface area contributed by atoms with Crippen molar-refractivity contribution in [3.05, 3.63) is 72.1 Å². The highest BCUT2D eigenvalue weighted by molar-refractivity contribution is 5.77. The number of aromatic nitrogens is 2. The number of hydrogen-bond donors (Lipinski definition) is 1. The molecule has 1 fully saturated rings. The molecule has 1 aromatic heterocycles. The molecule has 1 aliphatic rings. The van der Waals surface area contributed by atoms with Crippen molar-refractivity contribution in [2.45, 2.75) is 31.6 Å². The third-order valence-electron chi connectivity index (χ3n) is 5.87. The van der Waals surface area contributed by atoms with Crippen LogP contribution in [-0.2, 0) is 11.2 Å². The summed E-state index contributed by atoms with van der Waals surface area (Å²) in [4.78, 5) is 23.7. The van der Waals surface area contributed by atoms with E-state index in [0.717, 1.165) is 48.4 Å². The lowest BCUT2D eigenvalue weighted by molar-refractivity contribution is -0.132. The standard InChI is InChI=1S/C25H28N4O2/c1-31-21-12-10-19(11-13-21)22-16-27-25(26)28-24(22)20-8-5-15-29(17-20)23(30)14-9-18-6-3-2-4-7-18/h2-4,6-7,10-13,16,20H,5,8-9,14-15,17H2,1H3,(H2,26,27,28). The van der Waals surface area contributed by atoms with Crippen LogP contribution in [0, 0.1) is 0 Å². The van der Waals surface area contributed by atoms with Crippen LogP contribution in [0.2, 0.25) is 0 Å². The Kier molecular flexibility index (Phi) is 6.46. The number of likely N-dealkylation sites (tertiary alicyclic amines) is 1. The van der Waals surface area contributed by atoms with Crippen LogP contribution in [0.5, 0.6) is 5.75 Å². The van der Waals surface area contributed by atoms with Gasteiger partial charge in [0.1, 0.15) is 5.75 Å². The fraction of sp³-hybridized carbons (Fsp3) is 0.320. The van der Waals surface area contributed by atoms with E-state index in [-0.39, 0.29) is 17.8 Å². The molecule has 2 heterocycles. The van der Waals surface area contributed by atoms with E-state index in [2.05, 4.69) is 22.1 Å². The van der Waals surface area contributed by atoms with Crippen molar-refractivity contribution in [2.75, 3.05) is 25.9 Å². The molecule has 1 unspecified atom stereocenters. The highest BCUT2D eigenvalue weighted by atomic mass is 16.5. The van der Waals surface area contributed by atoms with Gasteiger partial charge in [-0.3, -0.25) is 4.79 Å². The molecule has 1 atom stereocenters. The summed E-state index contributed by atoms with van der Waals surface area (Å²) in [5, 5.41) is 0. The first-order chi connectivity index (χ1) is 15.1. The van der Waals surface area contributed by atoms with Crippen LogP contribution in [0.1, 0.15) is 36.4 Å². The first kappa shape index (κ1) is 20.8. The summed E-state index contributed by atoms with van der Waals surface area (Å²) in [6, 6.07) is 18.0. The highest BCUT2D eigenvalue weighted by Crippen LogP contribution is 2.34. The molecular formula is C25H28N4O2. The number of carbonyl (C=O) groups excluding carboxylic acids is 1. The maximum absolute atomic E-state index is 12.9. The first-order valence-corrected chi connectivity index (χ1v) is 10.7. The topological polar surface area (TPSA) is 81.3 Å². The molecule has 2 N–H and O–H groups in total. The predicted molar refractivity (Wildman–Crippen MR) is 122 cm³/mol. The zero-order valence-electron chi connectivity index (χ0n) is 17.8. The van der Waals surface area contributed by atoms with Gasteiger partial charge in [-0.1, -0.05) is 42.5 Å². The van der Waals surface area contributed by atoms with Crippen molar-refractivity contribution >= 4 is 11.9 Å². The molecule has 6 heteroatoms. The molecule has 1 aliphatic heterocycles. The summed E-state index contributed by atoms with van der Waals surface area (Å²) in [5.41, 5.74) is 10.0. The maximum Gasteiger partial charge on any atom is 0.222 e. The van der Waals surface area contributed by atoms with Crippen LogP contribution < -0.4 is 10.5 Å². The van der Waals surface area contributed by atoms with Gasteiger partial charge in [-0.05, 0) is 42.5 Å².